The summed E-state index contributed by atoms with van der Waals surface area (Å²) in [6.07, 6.45) is 3.56. The lowest BCUT2D eigenvalue weighted by atomic mass is 10.1. The molecule has 0 atom stereocenters. The summed E-state index contributed by atoms with van der Waals surface area (Å²) in [4.78, 5) is 41.5. The van der Waals surface area contributed by atoms with Crippen molar-refractivity contribution in [2.45, 2.75) is 20.8 Å². The van der Waals surface area contributed by atoms with Gasteiger partial charge in [-0.3, -0.25) is 4.98 Å². The van der Waals surface area contributed by atoms with Gasteiger partial charge in [-0.2, -0.15) is 0 Å². The first-order chi connectivity index (χ1) is 21.0. The second kappa shape index (κ2) is 8.59. The summed E-state index contributed by atoms with van der Waals surface area (Å²) in [5, 5.41) is 3.67. The maximum absolute atomic E-state index is 5.09. The molecule has 0 saturated carbocycles. The molecule has 2 aliphatic rings. The van der Waals surface area contributed by atoms with E-state index in [1.807, 2.05) is 6.07 Å². The quantitative estimate of drug-likeness (QED) is 0.202. The predicted octanol–water partition coefficient (Wildman–Crippen LogP) is 7.19. The average molecular weight is 558 g/mol. The van der Waals surface area contributed by atoms with Crippen molar-refractivity contribution in [3.05, 3.63) is 89.7 Å². The first-order valence-corrected chi connectivity index (χ1v) is 14.1. The minimum atomic E-state index is 0.575. The van der Waals surface area contributed by atoms with Crippen LogP contribution < -0.4 is 0 Å². The molecular formula is C34H23N9. The molecule has 0 unspecified atom stereocenters. The van der Waals surface area contributed by atoms with Crippen LogP contribution in [0.3, 0.4) is 0 Å². The molecule has 2 N–H and O–H groups in total. The zero-order valence-corrected chi connectivity index (χ0v) is 23.6. The van der Waals surface area contributed by atoms with E-state index in [2.05, 4.69) is 90.3 Å². The zero-order chi connectivity index (χ0) is 28.8. The highest BCUT2D eigenvalue weighted by Gasteiger charge is 2.22. The lowest BCUT2D eigenvalue weighted by Crippen LogP contribution is -1.84. The van der Waals surface area contributed by atoms with E-state index in [0.29, 0.717) is 45.9 Å². The van der Waals surface area contributed by atoms with Crippen LogP contribution in [-0.4, -0.2) is 44.9 Å². The van der Waals surface area contributed by atoms with Gasteiger partial charge < -0.3 is 9.97 Å². The number of nitrogens with zero attached hydrogens (tertiary/aromatic N) is 7. The number of aryl methyl sites for hydroxylation is 3. The molecule has 0 aliphatic carbocycles. The number of pyridine rings is 1. The summed E-state index contributed by atoms with van der Waals surface area (Å²) in [7, 11) is 0. The third-order valence-electron chi connectivity index (χ3n) is 8.10. The summed E-state index contributed by atoms with van der Waals surface area (Å²) in [6.45, 7) is 6.21. The molecule has 9 nitrogen and oxygen atoms in total. The van der Waals surface area contributed by atoms with Crippen LogP contribution in [0.4, 0.5) is 0 Å². The molecule has 204 valence electrons. The van der Waals surface area contributed by atoms with Crippen molar-refractivity contribution in [1.82, 2.24) is 44.9 Å². The van der Waals surface area contributed by atoms with Gasteiger partial charge in [-0.15, -0.1) is 0 Å². The zero-order valence-electron chi connectivity index (χ0n) is 23.6. The summed E-state index contributed by atoms with van der Waals surface area (Å²) >= 11 is 0. The second-order valence-electron chi connectivity index (χ2n) is 11.2. The second-order valence-corrected chi connectivity index (χ2v) is 11.2. The molecule has 7 aromatic rings. The Morgan fingerprint density at radius 1 is 0.419 bits per heavy atom. The van der Waals surface area contributed by atoms with E-state index in [0.717, 1.165) is 60.5 Å². The van der Waals surface area contributed by atoms with Gasteiger partial charge in [-0.1, -0.05) is 53.1 Å². The Bertz CT molecular complexity index is 2500. The maximum atomic E-state index is 5.09. The number of hydrogen-bond donors (Lipinski definition) is 2. The standard InChI is InChI=1S/C34H23N9/c1-16-4-7-19-23(12-16)31-36-27(19)38-32-25-14-18(3)6-9-21(25)29(40-32)42-34-26-15-35-11-10-22(26)30(43-34)41-33-24-13-17(2)5-8-20(24)28(37-31)39-33/h4-15H,1-3H3,(H2,36,37,38,39,40,41,42,43). The Morgan fingerprint density at radius 2 is 0.884 bits per heavy atom. The van der Waals surface area contributed by atoms with E-state index in [-0.39, 0.29) is 0 Å². The van der Waals surface area contributed by atoms with Gasteiger partial charge >= 0.3 is 0 Å². The van der Waals surface area contributed by atoms with Crippen molar-refractivity contribution < 1.29 is 0 Å². The number of aromatic amines is 2. The van der Waals surface area contributed by atoms with Crippen LogP contribution in [-0.2, 0) is 0 Å². The first kappa shape index (κ1) is 23.8. The molecule has 0 radical (unpaired) electrons. The number of H-pyrrole nitrogens is 2. The van der Waals surface area contributed by atoms with E-state index in [4.69, 9.17) is 29.9 Å². The van der Waals surface area contributed by atoms with Crippen molar-refractivity contribution in [2.24, 2.45) is 0 Å². The van der Waals surface area contributed by atoms with Crippen molar-refractivity contribution in [3.8, 4) is 45.6 Å². The lowest BCUT2D eigenvalue weighted by Gasteiger charge is -1.99. The fourth-order valence-corrected chi connectivity index (χ4v) is 5.98. The number of fused-ring (bicyclic) bond motifs is 20. The van der Waals surface area contributed by atoms with E-state index >= 15 is 0 Å². The Hall–Kier alpha value is -5.83. The molecule has 9 heteroatoms. The summed E-state index contributed by atoms with van der Waals surface area (Å²) < 4.78 is 0. The fraction of sp³-hybridized carbons (Fsp3) is 0.0882. The third kappa shape index (κ3) is 3.61. The van der Waals surface area contributed by atoms with Crippen molar-refractivity contribution in [3.63, 3.8) is 0 Å². The van der Waals surface area contributed by atoms with Gasteiger partial charge in [0.25, 0.3) is 0 Å². The van der Waals surface area contributed by atoms with Gasteiger partial charge in [0, 0.05) is 56.2 Å². The highest BCUT2D eigenvalue weighted by atomic mass is 15.1. The molecule has 43 heavy (non-hydrogen) atoms. The number of aromatic nitrogens is 9. The fourth-order valence-electron chi connectivity index (χ4n) is 5.98. The highest BCUT2D eigenvalue weighted by Crippen LogP contribution is 2.37. The largest absolute Gasteiger partial charge is 0.324 e. The van der Waals surface area contributed by atoms with Crippen molar-refractivity contribution >= 4 is 44.1 Å². The number of rotatable bonds is 0. The maximum Gasteiger partial charge on any atom is 0.164 e. The molecule has 6 heterocycles. The van der Waals surface area contributed by atoms with E-state index in [1.165, 1.54) is 0 Å². The van der Waals surface area contributed by atoms with Gasteiger partial charge in [0.15, 0.2) is 23.3 Å². The molecule has 2 aliphatic heterocycles. The van der Waals surface area contributed by atoms with Gasteiger partial charge in [0.05, 0.1) is 0 Å². The van der Waals surface area contributed by atoms with Gasteiger partial charge in [0.1, 0.15) is 22.6 Å². The van der Waals surface area contributed by atoms with Crippen LogP contribution in [0.25, 0.3) is 89.7 Å². The topological polar surface area (TPSA) is 122 Å². The molecule has 0 spiro atoms. The molecule has 0 amide bonds. The molecule has 8 bridgehead atoms. The minimum Gasteiger partial charge on any atom is -0.324 e. The predicted molar refractivity (Wildman–Crippen MR) is 168 cm³/mol. The van der Waals surface area contributed by atoms with Gasteiger partial charge in [-0.05, 0) is 45.0 Å². The van der Waals surface area contributed by atoms with Crippen LogP contribution in [0.15, 0.2) is 73.1 Å². The number of nitrogens with one attached hydrogen (secondary N) is 2. The molecule has 4 aromatic heterocycles. The Morgan fingerprint density at radius 3 is 1.49 bits per heavy atom. The van der Waals surface area contributed by atoms with E-state index in [1.54, 1.807) is 12.4 Å². The molecule has 3 aromatic carbocycles. The van der Waals surface area contributed by atoms with Crippen LogP contribution >= 0.6 is 0 Å². The Kier molecular flexibility index (Phi) is 4.76. The van der Waals surface area contributed by atoms with Crippen LogP contribution in [0.2, 0.25) is 0 Å². The smallest absolute Gasteiger partial charge is 0.164 e. The molecule has 0 fully saturated rings. The van der Waals surface area contributed by atoms with Crippen LogP contribution in [0.5, 0.6) is 0 Å². The van der Waals surface area contributed by atoms with Crippen molar-refractivity contribution in [1.29, 1.82) is 0 Å². The minimum absolute atomic E-state index is 0.575. The summed E-state index contributed by atoms with van der Waals surface area (Å²) in [5.74, 6) is 2.34. The highest BCUT2D eigenvalue weighted by molar-refractivity contribution is 6.06. The average Bonchev–Trinajstić information content (AvgIpc) is 3.72. The normalized spacial score (nSPS) is 12.1. The van der Waals surface area contributed by atoms with E-state index < -0.39 is 0 Å². The Balaban J connectivity index is 1.51. The molecule has 0 saturated heterocycles. The van der Waals surface area contributed by atoms with Crippen LogP contribution in [0, 0.1) is 20.8 Å². The van der Waals surface area contributed by atoms with Gasteiger partial charge in [0.2, 0.25) is 0 Å². The van der Waals surface area contributed by atoms with E-state index in [9.17, 15) is 0 Å². The van der Waals surface area contributed by atoms with Gasteiger partial charge in [-0.25, -0.2) is 29.9 Å². The summed E-state index contributed by atoms with van der Waals surface area (Å²) in [6, 6.07) is 20.7. The van der Waals surface area contributed by atoms with Crippen molar-refractivity contribution in [2.75, 3.05) is 0 Å². The number of benzene rings is 3. The lowest BCUT2D eigenvalue weighted by molar-refractivity contribution is 1.19. The van der Waals surface area contributed by atoms with Crippen LogP contribution in [0.1, 0.15) is 16.7 Å². The molecular weight excluding hydrogens is 534 g/mol. The SMILES string of the molecule is Cc1ccc2c(c1)-c1nc-2nc2[nH]c(nc3nc(nc4[nH]c(n1)c1ccncc41)-c1ccc(C)cc1-3)c1ccc(C)cc21. The third-order valence-corrected chi connectivity index (χ3v) is 8.10. The Labute approximate surface area is 244 Å². The monoisotopic (exact) mass is 557 g/mol. The summed E-state index contributed by atoms with van der Waals surface area (Å²) in [5.41, 5.74) is 9.71. The first-order valence-electron chi connectivity index (χ1n) is 14.1. The number of hydrogen-bond acceptors (Lipinski definition) is 7. The molecule has 9 rings (SSSR count).